The quantitative estimate of drug-likeness (QED) is 0.372. The largest absolute Gasteiger partial charge is 2.00 e. The van der Waals surface area contributed by atoms with E-state index in [1.807, 2.05) is 0 Å². The Balaban J connectivity index is -0.0000000800. The van der Waals surface area contributed by atoms with Crippen LogP contribution in [0.15, 0.2) is 0 Å². The van der Waals surface area contributed by atoms with Crippen molar-refractivity contribution in [1.29, 1.82) is 0 Å². The van der Waals surface area contributed by atoms with Gasteiger partial charge in [0.25, 0.3) is 0 Å². The van der Waals surface area contributed by atoms with E-state index in [1.165, 1.54) is 0 Å². The minimum Gasteiger partial charge on any atom is -0.264 e. The van der Waals surface area contributed by atoms with E-state index in [-0.39, 0.29) is 20.9 Å². The first-order valence-electron chi connectivity index (χ1n) is 0.698. The molecular weight excluding hydrogens is 161 g/mol. The van der Waals surface area contributed by atoms with Gasteiger partial charge in [-0.15, -0.1) is 0 Å². The van der Waals surface area contributed by atoms with Gasteiger partial charge in [-0.1, -0.05) is 0 Å². The molecule has 0 fully saturated rings. The average molecular weight is 164 g/mol. The maximum Gasteiger partial charge on any atom is 2.00 e. The standard InChI is InChI=1S/H2O4S.Zn/c1-5(2,3)4;/h(H2,1,2,3,4);/q;+2/p+1. The summed E-state index contributed by atoms with van der Waals surface area (Å²) >= 11 is 0. The van der Waals surface area contributed by atoms with Crippen molar-refractivity contribution in [3.63, 3.8) is 0 Å². The van der Waals surface area contributed by atoms with Crippen LogP contribution in [0.25, 0.3) is 0 Å². The number of hydrogen-bond acceptors (Lipinski definition) is 2. The molecule has 0 saturated heterocycles. The molecule has 0 saturated carbocycles. The van der Waals surface area contributed by atoms with Gasteiger partial charge in [-0.25, -0.2) is 0 Å². The van der Waals surface area contributed by atoms with Crippen LogP contribution in [0.3, 0.4) is 0 Å². The molecule has 32 valence electrons. The second-order valence-corrected chi connectivity index (χ2v) is 1.34. The summed E-state index contributed by atoms with van der Waals surface area (Å²) in [5, 5.41) is 0. The van der Waals surface area contributed by atoms with Gasteiger partial charge in [0.2, 0.25) is 0 Å². The van der Waals surface area contributed by atoms with E-state index >= 15 is 0 Å². The van der Waals surface area contributed by atoms with Crippen molar-refractivity contribution in [2.24, 2.45) is 0 Å². The molecule has 0 aromatic heterocycles. The molecule has 0 aromatic carbocycles. The van der Waals surface area contributed by atoms with Gasteiger partial charge in [0.05, 0.1) is 0 Å². The summed E-state index contributed by atoms with van der Waals surface area (Å²) in [6.45, 7) is 0. The van der Waals surface area contributed by atoms with Gasteiger partial charge < -0.3 is 0 Å². The predicted molar refractivity (Wildman–Crippen MR) is 15.3 cm³/mol. The van der Waals surface area contributed by atoms with Crippen LogP contribution in [0.1, 0.15) is 1.43 Å². The van der Waals surface area contributed by atoms with Crippen LogP contribution in [-0.2, 0) is 29.9 Å². The van der Waals surface area contributed by atoms with Crippen molar-refractivity contribution in [3.8, 4) is 0 Å². The summed E-state index contributed by atoms with van der Waals surface area (Å²) in [7, 11) is -4.67. The number of rotatable bonds is 0. The van der Waals surface area contributed by atoms with Crippen LogP contribution in [0, 0.1) is 0 Å². The fraction of sp³-hybridized carbons (Fsp3) is 0. The van der Waals surface area contributed by atoms with Gasteiger partial charge in [-0.3, -0.25) is 9.11 Å². The molecule has 0 heterocycles. The predicted octanol–water partition coefficient (Wildman–Crippen LogP) is -0.543. The Morgan fingerprint density at radius 2 is 1.33 bits per heavy atom. The summed E-state index contributed by atoms with van der Waals surface area (Å²) in [6.07, 6.45) is 0. The normalized spacial score (nSPS) is 9.67. The molecule has 0 aliphatic heterocycles. The van der Waals surface area contributed by atoms with Crippen molar-refractivity contribution in [2.45, 2.75) is 0 Å². The Morgan fingerprint density at radius 3 is 1.33 bits per heavy atom. The Bertz CT molecular complexity index is 94.9. The van der Waals surface area contributed by atoms with Gasteiger partial charge in [-0.05, 0) is 0 Å². The Kier molecular flexibility index (Phi) is 4.25. The van der Waals surface area contributed by atoms with Crippen molar-refractivity contribution >= 4 is 10.4 Å². The molecule has 0 radical (unpaired) electrons. The molecule has 6 heavy (non-hydrogen) atoms. The van der Waals surface area contributed by atoms with Crippen LogP contribution >= 0.6 is 0 Å². The van der Waals surface area contributed by atoms with Gasteiger partial charge in [0.1, 0.15) is 0 Å². The van der Waals surface area contributed by atoms with Crippen LogP contribution < -0.4 is 0 Å². The molecule has 0 aliphatic carbocycles. The second-order valence-electron chi connectivity index (χ2n) is 0.448. The molecule has 0 amide bonds. The van der Waals surface area contributed by atoms with Gasteiger partial charge in [0, 0.05) is 0 Å². The van der Waals surface area contributed by atoms with E-state index in [0.717, 1.165) is 0 Å². The first kappa shape index (κ1) is 9.71. The smallest absolute Gasteiger partial charge is 0.264 e. The van der Waals surface area contributed by atoms with E-state index in [9.17, 15) is 0 Å². The first-order chi connectivity index (χ1) is 2.00. The summed E-state index contributed by atoms with van der Waals surface area (Å²) < 4.78 is 31.6. The molecule has 6 heteroatoms. The van der Waals surface area contributed by atoms with E-state index in [2.05, 4.69) is 0 Å². The molecular formula is H3O4SZn+3. The van der Waals surface area contributed by atoms with Gasteiger partial charge in [-0.2, -0.15) is 8.42 Å². The van der Waals surface area contributed by atoms with Crippen molar-refractivity contribution in [2.75, 3.05) is 0 Å². The average Bonchev–Trinajstić information content (AvgIpc) is 0.722. The SMILES string of the molecule is O=S(=O)(O)O.[H+].[Zn+2]. The van der Waals surface area contributed by atoms with Crippen LogP contribution in [0.2, 0.25) is 0 Å². The van der Waals surface area contributed by atoms with Crippen molar-refractivity contribution < 1.29 is 38.4 Å². The zero-order valence-corrected chi connectivity index (χ0v) is 6.61. The third-order valence-corrected chi connectivity index (χ3v) is 0. The summed E-state index contributed by atoms with van der Waals surface area (Å²) in [6, 6.07) is 0. The fourth-order valence-electron chi connectivity index (χ4n) is 0. The molecule has 0 atom stereocenters. The summed E-state index contributed by atoms with van der Waals surface area (Å²) in [5.41, 5.74) is 0. The van der Waals surface area contributed by atoms with Crippen LogP contribution in [-0.4, -0.2) is 17.5 Å². The fourth-order valence-corrected chi connectivity index (χ4v) is 0. The Hall–Kier alpha value is 0.493. The minimum absolute atomic E-state index is 0. The monoisotopic (exact) mass is 163 g/mol. The van der Waals surface area contributed by atoms with Gasteiger partial charge >= 0.3 is 31.3 Å². The second kappa shape index (κ2) is 2.63. The summed E-state index contributed by atoms with van der Waals surface area (Å²) in [4.78, 5) is 0. The van der Waals surface area contributed by atoms with E-state index in [4.69, 9.17) is 17.5 Å². The maximum atomic E-state index is 8.74. The van der Waals surface area contributed by atoms with Gasteiger partial charge in [0.15, 0.2) is 0 Å². The molecule has 2 N–H and O–H groups in total. The number of hydrogen-bond donors (Lipinski definition) is 2. The molecule has 0 aromatic rings. The van der Waals surface area contributed by atoms with E-state index in [0.29, 0.717) is 0 Å². The van der Waals surface area contributed by atoms with Crippen molar-refractivity contribution in [3.05, 3.63) is 0 Å². The van der Waals surface area contributed by atoms with Crippen LogP contribution in [0.4, 0.5) is 0 Å². The molecule has 0 bridgehead atoms. The zero-order chi connectivity index (χ0) is 4.50. The van der Waals surface area contributed by atoms with E-state index in [1.54, 1.807) is 0 Å². The molecule has 0 unspecified atom stereocenters. The molecule has 0 aliphatic rings. The Morgan fingerprint density at radius 1 is 1.33 bits per heavy atom. The summed E-state index contributed by atoms with van der Waals surface area (Å²) in [5.74, 6) is 0. The molecule has 4 nitrogen and oxygen atoms in total. The molecule has 0 rings (SSSR count). The van der Waals surface area contributed by atoms with E-state index < -0.39 is 10.4 Å². The van der Waals surface area contributed by atoms with Crippen LogP contribution in [0.5, 0.6) is 0 Å². The third kappa shape index (κ3) is 225. The first-order valence-corrected chi connectivity index (χ1v) is 2.10. The maximum absolute atomic E-state index is 8.74. The van der Waals surface area contributed by atoms with Crippen molar-refractivity contribution in [1.82, 2.24) is 0 Å². The topological polar surface area (TPSA) is 74.6 Å². The zero-order valence-electron chi connectivity index (χ0n) is 3.83. The third-order valence-electron chi connectivity index (χ3n) is 0. The Labute approximate surface area is 49.4 Å². The molecule has 0 spiro atoms. The minimum atomic E-state index is -4.67.